The van der Waals surface area contributed by atoms with Crippen LogP contribution in [0.25, 0.3) is 0 Å². The zero-order valence-corrected chi connectivity index (χ0v) is 23.2. The summed E-state index contributed by atoms with van der Waals surface area (Å²) in [4.78, 5) is 71.3. The van der Waals surface area contributed by atoms with Gasteiger partial charge in [-0.1, -0.05) is 47.1 Å². The molecule has 5 aliphatic rings. The van der Waals surface area contributed by atoms with Crippen molar-refractivity contribution < 1.29 is 37.5 Å². The van der Waals surface area contributed by atoms with Crippen LogP contribution in [0.2, 0.25) is 0 Å². The number of allylic oxidation sites excluding steroid dienone is 1. The number of carbonyl (C=O) groups excluding carboxylic acids is 5. The number of carbonyl (C=O) groups is 5. The van der Waals surface area contributed by atoms with E-state index in [0.717, 1.165) is 21.9 Å². The molecule has 0 spiro atoms. The van der Waals surface area contributed by atoms with Crippen LogP contribution < -0.4 is 9.80 Å². The van der Waals surface area contributed by atoms with E-state index < -0.39 is 74.6 Å². The van der Waals surface area contributed by atoms with Crippen LogP contribution in [-0.2, 0) is 28.7 Å². The van der Waals surface area contributed by atoms with Gasteiger partial charge in [0.25, 0.3) is 0 Å². The third-order valence-electron chi connectivity index (χ3n) is 8.96. The van der Waals surface area contributed by atoms with Gasteiger partial charge in [0.05, 0.1) is 46.0 Å². The summed E-state index contributed by atoms with van der Waals surface area (Å²) in [6.07, 6.45) is 0. The Morgan fingerprint density at radius 3 is 1.62 bits per heavy atom. The number of amides is 4. The molecule has 0 N–H and O–H groups in total. The molecule has 2 aliphatic heterocycles. The fraction of sp³-hybridized carbons (Fsp3) is 0.345. The van der Waals surface area contributed by atoms with Crippen molar-refractivity contribution in [3.8, 4) is 0 Å². The Morgan fingerprint density at radius 1 is 0.825 bits per heavy atom. The Balaban J connectivity index is 1.61. The van der Waals surface area contributed by atoms with Crippen molar-refractivity contribution in [1.29, 1.82) is 0 Å². The first kappa shape index (κ1) is 26.5. The summed E-state index contributed by atoms with van der Waals surface area (Å²) in [6, 6.07) is 10.6. The Morgan fingerprint density at radius 2 is 1.23 bits per heavy atom. The Bertz CT molecular complexity index is 1500. The molecular formula is C29H23BrF2N2O6. The standard InChI is InChI=1S/C29H23BrF2N2O6/c1-4-40-27(39)18-13(2)29(30)21-19(23(35)33(25(21)37)16-11-7-5-9-14(16)31)28(18,3)20-22(29)26(38)34(24(20)36)17-12-8-6-10-15(17)32/h5-12,19-22H,4H2,1-3H3. The number of alkyl halides is 1. The van der Waals surface area contributed by atoms with Crippen molar-refractivity contribution in [2.75, 3.05) is 16.4 Å². The predicted molar refractivity (Wildman–Crippen MR) is 141 cm³/mol. The molecule has 2 bridgehead atoms. The second-order valence-electron chi connectivity index (χ2n) is 10.6. The Labute approximate surface area is 236 Å². The molecule has 0 aromatic heterocycles. The highest BCUT2D eigenvalue weighted by Gasteiger charge is 2.81. The molecule has 4 unspecified atom stereocenters. The zero-order valence-electron chi connectivity index (χ0n) is 21.6. The van der Waals surface area contributed by atoms with E-state index in [1.165, 1.54) is 43.3 Å². The minimum Gasteiger partial charge on any atom is -0.463 e. The molecule has 2 heterocycles. The lowest BCUT2D eigenvalue weighted by molar-refractivity contribution is -0.152. The largest absolute Gasteiger partial charge is 0.463 e. The molecule has 8 nitrogen and oxygen atoms in total. The van der Waals surface area contributed by atoms with Crippen LogP contribution in [0.15, 0.2) is 59.7 Å². The molecule has 2 aromatic carbocycles. The normalized spacial score (nSPS) is 32.6. The minimum absolute atomic E-state index is 0.00166. The van der Waals surface area contributed by atoms with E-state index in [4.69, 9.17) is 4.74 Å². The number of hydrogen-bond donors (Lipinski definition) is 0. The van der Waals surface area contributed by atoms with Gasteiger partial charge in [-0.15, -0.1) is 0 Å². The fourth-order valence-corrected chi connectivity index (χ4v) is 8.59. The molecule has 2 saturated heterocycles. The molecule has 3 fully saturated rings. The van der Waals surface area contributed by atoms with Crippen LogP contribution in [0, 0.1) is 40.7 Å². The molecule has 0 radical (unpaired) electrons. The first-order valence-corrected chi connectivity index (χ1v) is 13.6. The van der Waals surface area contributed by atoms with Gasteiger partial charge in [-0.25, -0.2) is 23.4 Å². The number of rotatable bonds is 4. The average molecular weight is 613 g/mol. The van der Waals surface area contributed by atoms with Gasteiger partial charge >= 0.3 is 5.97 Å². The van der Waals surface area contributed by atoms with Crippen molar-refractivity contribution in [2.24, 2.45) is 29.1 Å². The summed E-state index contributed by atoms with van der Waals surface area (Å²) in [5.74, 6) is -10.7. The highest BCUT2D eigenvalue weighted by atomic mass is 79.9. The SMILES string of the molecule is CCOC(=O)C1=C(C)C2(Br)C3C(=O)N(c4ccccc4F)C(=O)C3C1(C)C1C(=O)N(c3ccccc3F)C(=O)C12. The second-order valence-corrected chi connectivity index (χ2v) is 11.9. The second kappa shape index (κ2) is 8.63. The summed E-state index contributed by atoms with van der Waals surface area (Å²) >= 11 is 3.62. The maximum Gasteiger partial charge on any atom is 0.334 e. The van der Waals surface area contributed by atoms with E-state index in [2.05, 4.69) is 15.9 Å². The number of halogens is 3. The van der Waals surface area contributed by atoms with Gasteiger partial charge in [-0.2, -0.15) is 0 Å². The van der Waals surface area contributed by atoms with Gasteiger partial charge < -0.3 is 4.74 Å². The van der Waals surface area contributed by atoms with E-state index in [1.54, 1.807) is 13.8 Å². The van der Waals surface area contributed by atoms with Gasteiger partial charge in [-0.3, -0.25) is 19.2 Å². The highest BCUT2D eigenvalue weighted by Crippen LogP contribution is 2.72. The molecular weight excluding hydrogens is 590 g/mol. The Kier molecular flexibility index (Phi) is 5.72. The monoisotopic (exact) mass is 612 g/mol. The number of esters is 1. The van der Waals surface area contributed by atoms with Crippen molar-refractivity contribution in [2.45, 2.75) is 25.1 Å². The van der Waals surface area contributed by atoms with Crippen LogP contribution in [0.4, 0.5) is 20.2 Å². The van der Waals surface area contributed by atoms with Crippen molar-refractivity contribution in [3.05, 3.63) is 71.3 Å². The molecule has 7 rings (SSSR count). The average Bonchev–Trinajstić information content (AvgIpc) is 3.34. The number of para-hydroxylation sites is 2. The molecule has 206 valence electrons. The number of nitrogens with zero attached hydrogens (tertiary/aromatic N) is 2. The van der Waals surface area contributed by atoms with Crippen molar-refractivity contribution >= 4 is 56.9 Å². The molecule has 3 aliphatic carbocycles. The van der Waals surface area contributed by atoms with Crippen LogP contribution in [0.3, 0.4) is 0 Å². The van der Waals surface area contributed by atoms with Crippen LogP contribution in [-0.4, -0.2) is 40.5 Å². The summed E-state index contributed by atoms with van der Waals surface area (Å²) < 4.78 is 33.4. The molecule has 1 saturated carbocycles. The number of anilines is 2. The maximum atomic E-state index is 14.9. The quantitative estimate of drug-likeness (QED) is 0.295. The third kappa shape index (κ3) is 2.96. The van der Waals surface area contributed by atoms with E-state index >= 15 is 0 Å². The van der Waals surface area contributed by atoms with E-state index in [-0.39, 0.29) is 29.1 Å². The zero-order chi connectivity index (χ0) is 28.9. The first-order valence-electron chi connectivity index (χ1n) is 12.8. The topological polar surface area (TPSA) is 101 Å². The predicted octanol–water partition coefficient (Wildman–Crippen LogP) is 3.92. The third-order valence-corrected chi connectivity index (χ3v) is 10.5. The maximum absolute atomic E-state index is 14.9. The van der Waals surface area contributed by atoms with Crippen LogP contribution in [0.5, 0.6) is 0 Å². The van der Waals surface area contributed by atoms with E-state index in [1.807, 2.05) is 0 Å². The lowest BCUT2D eigenvalue weighted by Gasteiger charge is -2.59. The number of ether oxygens (including phenoxy) is 1. The smallest absolute Gasteiger partial charge is 0.334 e. The number of benzene rings is 2. The molecule has 11 heteroatoms. The van der Waals surface area contributed by atoms with Crippen LogP contribution >= 0.6 is 15.9 Å². The summed E-state index contributed by atoms with van der Waals surface area (Å²) in [5.41, 5.74) is -1.97. The number of imide groups is 2. The summed E-state index contributed by atoms with van der Waals surface area (Å²) in [7, 11) is 0. The molecule has 4 amide bonds. The Hall–Kier alpha value is -3.73. The van der Waals surface area contributed by atoms with Gasteiger partial charge in [0.15, 0.2) is 0 Å². The van der Waals surface area contributed by atoms with Crippen LogP contribution in [0.1, 0.15) is 20.8 Å². The molecule has 40 heavy (non-hydrogen) atoms. The molecule has 2 aromatic rings. The summed E-state index contributed by atoms with van der Waals surface area (Å²) in [5, 5.41) is 0. The minimum atomic E-state index is -1.71. The van der Waals surface area contributed by atoms with Gasteiger partial charge in [0, 0.05) is 11.0 Å². The first-order chi connectivity index (χ1) is 18.9. The lowest BCUT2D eigenvalue weighted by Crippen LogP contribution is -2.67. The van der Waals surface area contributed by atoms with Gasteiger partial charge in [0.1, 0.15) is 11.6 Å². The van der Waals surface area contributed by atoms with E-state index in [9.17, 15) is 32.8 Å². The van der Waals surface area contributed by atoms with Crippen molar-refractivity contribution in [1.82, 2.24) is 0 Å². The van der Waals surface area contributed by atoms with E-state index in [0.29, 0.717) is 0 Å². The van der Waals surface area contributed by atoms with Gasteiger partial charge in [0.2, 0.25) is 23.6 Å². The fourth-order valence-electron chi connectivity index (χ4n) is 7.47. The lowest BCUT2D eigenvalue weighted by atomic mass is 9.43. The number of hydrogen-bond acceptors (Lipinski definition) is 6. The summed E-state index contributed by atoms with van der Waals surface area (Å²) in [6.45, 7) is 4.64. The van der Waals surface area contributed by atoms with Crippen molar-refractivity contribution in [3.63, 3.8) is 0 Å². The van der Waals surface area contributed by atoms with Gasteiger partial charge in [-0.05, 0) is 43.7 Å². The molecule has 4 atom stereocenters. The highest BCUT2D eigenvalue weighted by molar-refractivity contribution is 9.10.